The number of aromatic nitrogens is 2. The number of rotatable bonds is 4. The zero-order valence-electron chi connectivity index (χ0n) is 13.2. The van der Waals surface area contributed by atoms with Gasteiger partial charge in [0.05, 0.1) is 32.5 Å². The number of hydrogen-bond acceptors (Lipinski definition) is 5. The Kier molecular flexibility index (Phi) is 5.32. The monoisotopic (exact) mass is 383 g/mol. The predicted molar refractivity (Wildman–Crippen MR) is 101 cm³/mol. The number of carbonyl (C=O) groups is 1. The van der Waals surface area contributed by atoms with Crippen LogP contribution >= 0.6 is 23.2 Å². The van der Waals surface area contributed by atoms with Gasteiger partial charge < -0.3 is 10.6 Å². The van der Waals surface area contributed by atoms with Crippen LogP contribution < -0.4 is 10.6 Å². The number of nitrogens with zero attached hydrogens (tertiary/aromatic N) is 3. The van der Waals surface area contributed by atoms with E-state index < -0.39 is 5.91 Å². The molecule has 0 aliphatic heterocycles. The summed E-state index contributed by atoms with van der Waals surface area (Å²) in [7, 11) is 0. The van der Waals surface area contributed by atoms with Crippen molar-refractivity contribution in [3.05, 3.63) is 76.0 Å². The molecule has 2 aromatic carbocycles. The average molecular weight is 384 g/mol. The van der Waals surface area contributed by atoms with Crippen molar-refractivity contribution in [3.8, 4) is 6.07 Å². The van der Waals surface area contributed by atoms with E-state index in [9.17, 15) is 4.79 Å². The lowest BCUT2D eigenvalue weighted by Crippen LogP contribution is -2.14. The zero-order valence-corrected chi connectivity index (χ0v) is 14.7. The lowest BCUT2D eigenvalue weighted by Gasteiger charge is -2.09. The van der Waals surface area contributed by atoms with E-state index >= 15 is 0 Å². The van der Waals surface area contributed by atoms with Crippen molar-refractivity contribution in [1.82, 2.24) is 9.97 Å². The minimum absolute atomic E-state index is 0.244. The molecule has 3 aromatic rings. The Bertz CT molecular complexity index is 979. The van der Waals surface area contributed by atoms with E-state index in [0.717, 1.165) is 0 Å². The fraction of sp³-hybridized carbons (Fsp3) is 0. The van der Waals surface area contributed by atoms with Gasteiger partial charge in [0.25, 0.3) is 5.91 Å². The third kappa shape index (κ3) is 3.91. The SMILES string of the molecule is N#Cc1ccccc1NC(=O)c1cnc(Nc2c(Cl)cccc2Cl)nc1. The van der Waals surface area contributed by atoms with Crippen molar-refractivity contribution in [2.24, 2.45) is 0 Å². The molecule has 0 saturated heterocycles. The van der Waals surface area contributed by atoms with Gasteiger partial charge in [-0.25, -0.2) is 9.97 Å². The molecule has 0 fully saturated rings. The van der Waals surface area contributed by atoms with Gasteiger partial charge in [-0.1, -0.05) is 41.4 Å². The molecule has 0 spiro atoms. The standard InChI is InChI=1S/C18H11Cl2N5O/c19-13-5-3-6-14(20)16(13)25-18-22-9-12(10-23-18)17(26)24-15-7-2-1-4-11(15)8-21/h1-7,9-10H,(H,24,26)(H,22,23,25). The Hall–Kier alpha value is -3.14. The molecule has 1 amide bonds. The molecule has 1 aromatic heterocycles. The summed E-state index contributed by atoms with van der Waals surface area (Å²) in [5.74, 6) is -0.177. The highest BCUT2D eigenvalue weighted by molar-refractivity contribution is 6.39. The van der Waals surface area contributed by atoms with Crippen LogP contribution in [-0.4, -0.2) is 15.9 Å². The van der Waals surface area contributed by atoms with Crippen LogP contribution in [0.5, 0.6) is 0 Å². The van der Waals surface area contributed by atoms with E-state index in [-0.39, 0.29) is 11.5 Å². The van der Waals surface area contributed by atoms with Gasteiger partial charge in [-0.15, -0.1) is 0 Å². The summed E-state index contributed by atoms with van der Waals surface area (Å²) in [5.41, 5.74) is 1.52. The largest absolute Gasteiger partial charge is 0.322 e. The highest BCUT2D eigenvalue weighted by atomic mass is 35.5. The normalized spacial score (nSPS) is 10.0. The van der Waals surface area contributed by atoms with Gasteiger partial charge in [-0.2, -0.15) is 5.26 Å². The molecule has 2 N–H and O–H groups in total. The molecule has 0 bridgehead atoms. The van der Waals surface area contributed by atoms with Gasteiger partial charge in [0.15, 0.2) is 0 Å². The quantitative estimate of drug-likeness (QED) is 0.683. The Morgan fingerprint density at radius 1 is 1.00 bits per heavy atom. The number of amides is 1. The molecule has 3 rings (SSSR count). The molecule has 0 radical (unpaired) electrons. The Labute approximate surface area is 159 Å². The maximum atomic E-state index is 12.3. The van der Waals surface area contributed by atoms with Gasteiger partial charge in [0.2, 0.25) is 5.95 Å². The van der Waals surface area contributed by atoms with E-state index in [1.54, 1.807) is 42.5 Å². The number of carbonyl (C=O) groups excluding carboxylic acids is 1. The van der Waals surface area contributed by atoms with Crippen LogP contribution in [0.1, 0.15) is 15.9 Å². The predicted octanol–water partition coefficient (Wildman–Crippen LogP) is 4.65. The van der Waals surface area contributed by atoms with Gasteiger partial charge >= 0.3 is 0 Å². The minimum Gasteiger partial charge on any atom is -0.322 e. The molecule has 0 aliphatic rings. The maximum absolute atomic E-state index is 12.3. The zero-order chi connectivity index (χ0) is 18.5. The second kappa shape index (κ2) is 7.83. The van der Waals surface area contributed by atoms with Crippen molar-refractivity contribution in [1.29, 1.82) is 5.26 Å². The summed E-state index contributed by atoms with van der Waals surface area (Å²) in [4.78, 5) is 20.5. The Morgan fingerprint density at radius 3 is 2.31 bits per heavy atom. The first-order valence-corrected chi connectivity index (χ1v) is 8.17. The fourth-order valence-corrected chi connectivity index (χ4v) is 2.61. The molecule has 0 atom stereocenters. The number of anilines is 3. The summed E-state index contributed by atoms with van der Waals surface area (Å²) in [5, 5.41) is 15.5. The van der Waals surface area contributed by atoms with E-state index in [4.69, 9.17) is 28.5 Å². The third-order valence-corrected chi connectivity index (χ3v) is 4.04. The van der Waals surface area contributed by atoms with Crippen LogP contribution in [0.15, 0.2) is 54.9 Å². The van der Waals surface area contributed by atoms with Gasteiger partial charge in [0, 0.05) is 12.4 Å². The number of para-hydroxylation sites is 2. The van der Waals surface area contributed by atoms with E-state index in [1.165, 1.54) is 12.4 Å². The summed E-state index contributed by atoms with van der Waals surface area (Å²) in [6, 6.07) is 13.8. The first-order valence-electron chi connectivity index (χ1n) is 7.42. The summed E-state index contributed by atoms with van der Waals surface area (Å²) < 4.78 is 0. The second-order valence-corrected chi connectivity index (χ2v) is 5.94. The van der Waals surface area contributed by atoms with Crippen LogP contribution in [0.25, 0.3) is 0 Å². The number of hydrogen-bond donors (Lipinski definition) is 2. The molecule has 26 heavy (non-hydrogen) atoms. The van der Waals surface area contributed by atoms with E-state index in [0.29, 0.717) is 27.0 Å². The molecule has 0 unspecified atom stereocenters. The molecule has 8 heteroatoms. The molecular formula is C18H11Cl2N5O. The number of halogens is 2. The Balaban J connectivity index is 1.75. The Morgan fingerprint density at radius 2 is 1.65 bits per heavy atom. The lowest BCUT2D eigenvalue weighted by atomic mass is 10.2. The van der Waals surface area contributed by atoms with Gasteiger partial charge in [-0.3, -0.25) is 4.79 Å². The van der Waals surface area contributed by atoms with Crippen LogP contribution in [0.3, 0.4) is 0 Å². The first kappa shape index (κ1) is 17.7. The molecular weight excluding hydrogens is 373 g/mol. The fourth-order valence-electron chi connectivity index (χ4n) is 2.12. The van der Waals surface area contributed by atoms with Crippen molar-refractivity contribution in [3.63, 3.8) is 0 Å². The molecule has 128 valence electrons. The average Bonchev–Trinajstić information content (AvgIpc) is 2.66. The maximum Gasteiger partial charge on any atom is 0.258 e. The van der Waals surface area contributed by atoms with Crippen molar-refractivity contribution in [2.45, 2.75) is 0 Å². The number of nitriles is 1. The van der Waals surface area contributed by atoms with Crippen LogP contribution in [0.2, 0.25) is 10.0 Å². The highest BCUT2D eigenvalue weighted by Gasteiger charge is 2.11. The topological polar surface area (TPSA) is 90.7 Å². The summed E-state index contributed by atoms with van der Waals surface area (Å²) >= 11 is 12.2. The van der Waals surface area contributed by atoms with Crippen LogP contribution in [0, 0.1) is 11.3 Å². The molecule has 6 nitrogen and oxygen atoms in total. The number of nitrogens with one attached hydrogen (secondary N) is 2. The van der Waals surface area contributed by atoms with Crippen molar-refractivity contribution in [2.75, 3.05) is 10.6 Å². The molecule has 0 saturated carbocycles. The first-order chi connectivity index (χ1) is 12.6. The second-order valence-electron chi connectivity index (χ2n) is 5.13. The highest BCUT2D eigenvalue weighted by Crippen LogP contribution is 2.31. The minimum atomic E-state index is -0.421. The summed E-state index contributed by atoms with van der Waals surface area (Å²) in [6.07, 6.45) is 2.73. The summed E-state index contributed by atoms with van der Waals surface area (Å²) in [6.45, 7) is 0. The van der Waals surface area contributed by atoms with Crippen molar-refractivity contribution < 1.29 is 4.79 Å². The lowest BCUT2D eigenvalue weighted by molar-refractivity contribution is 0.102. The van der Waals surface area contributed by atoms with Crippen LogP contribution in [0.4, 0.5) is 17.3 Å². The van der Waals surface area contributed by atoms with Crippen molar-refractivity contribution >= 4 is 46.4 Å². The molecule has 1 heterocycles. The van der Waals surface area contributed by atoms with E-state index in [2.05, 4.69) is 20.6 Å². The third-order valence-electron chi connectivity index (χ3n) is 3.41. The number of benzene rings is 2. The van der Waals surface area contributed by atoms with E-state index in [1.807, 2.05) is 6.07 Å². The van der Waals surface area contributed by atoms with Crippen LogP contribution in [-0.2, 0) is 0 Å². The van der Waals surface area contributed by atoms with Gasteiger partial charge in [-0.05, 0) is 24.3 Å². The van der Waals surface area contributed by atoms with Gasteiger partial charge in [0.1, 0.15) is 6.07 Å². The smallest absolute Gasteiger partial charge is 0.258 e. The molecule has 0 aliphatic carbocycles.